The van der Waals surface area contributed by atoms with E-state index in [-0.39, 0.29) is 11.9 Å². The zero-order valence-corrected chi connectivity index (χ0v) is 11.0. The van der Waals surface area contributed by atoms with Crippen LogP contribution in [0.4, 0.5) is 0 Å². The van der Waals surface area contributed by atoms with Crippen LogP contribution in [-0.2, 0) is 14.3 Å². The van der Waals surface area contributed by atoms with Crippen LogP contribution in [0.1, 0.15) is 26.3 Å². The number of carbonyl (C=O) groups is 1. The maximum Gasteiger partial charge on any atom is 0.373 e. The summed E-state index contributed by atoms with van der Waals surface area (Å²) in [5.41, 5.74) is 1.44. The van der Waals surface area contributed by atoms with E-state index >= 15 is 0 Å². The fourth-order valence-electron chi connectivity index (χ4n) is 1.40. The average molecular weight is 244 g/mol. The molecule has 0 aromatic heterocycles. The number of hydrogen-bond acceptors (Lipinski definition) is 3. The Balaban J connectivity index is 2.97. The molecule has 0 amide bonds. The lowest BCUT2D eigenvalue weighted by Crippen LogP contribution is -2.14. The number of esters is 1. The number of hydrogen-bond donors (Lipinski definition) is 0. The van der Waals surface area contributed by atoms with Crippen LogP contribution in [0.25, 0.3) is 6.08 Å². The first-order chi connectivity index (χ1) is 8.52. The molecule has 1 aromatic carbocycles. The van der Waals surface area contributed by atoms with Crippen LogP contribution in [0.5, 0.6) is 0 Å². The molecule has 18 heavy (non-hydrogen) atoms. The van der Waals surface area contributed by atoms with Gasteiger partial charge in [-0.2, -0.15) is 0 Å². The minimum absolute atomic E-state index is 0.0956. The van der Waals surface area contributed by atoms with Gasteiger partial charge in [-0.1, -0.05) is 29.7 Å². The molecule has 0 saturated heterocycles. The predicted octanol–water partition coefficient (Wildman–Crippen LogP) is 1.81. The lowest BCUT2D eigenvalue weighted by molar-refractivity contribution is -0.143. The summed E-state index contributed by atoms with van der Waals surface area (Å²) in [6.45, 7) is 5.78. The summed E-state index contributed by atoms with van der Waals surface area (Å²) in [6.07, 6.45) is 1.54. The SMILES string of the molecule is [B]c1cccc(/C=C(\OC(C)C)C(=O)OCC)c1. The van der Waals surface area contributed by atoms with Crippen molar-refractivity contribution in [3.05, 3.63) is 35.6 Å². The van der Waals surface area contributed by atoms with Gasteiger partial charge in [-0.05, 0) is 32.4 Å². The smallest absolute Gasteiger partial charge is 0.373 e. The van der Waals surface area contributed by atoms with E-state index in [4.69, 9.17) is 17.3 Å². The Bertz CT molecular complexity index is 438. The van der Waals surface area contributed by atoms with Gasteiger partial charge < -0.3 is 9.47 Å². The molecule has 2 radical (unpaired) electrons. The van der Waals surface area contributed by atoms with Crippen molar-refractivity contribution in [2.24, 2.45) is 0 Å². The molecule has 0 spiro atoms. The maximum absolute atomic E-state index is 11.7. The molecular formula is C14H17BO3. The molecule has 0 N–H and O–H groups in total. The summed E-state index contributed by atoms with van der Waals surface area (Å²) in [6, 6.07) is 7.21. The van der Waals surface area contributed by atoms with Crippen molar-refractivity contribution in [1.29, 1.82) is 0 Å². The highest BCUT2D eigenvalue weighted by Crippen LogP contribution is 2.11. The minimum Gasteiger partial charge on any atom is -0.484 e. The molecule has 0 fully saturated rings. The highest BCUT2D eigenvalue weighted by atomic mass is 16.6. The van der Waals surface area contributed by atoms with Crippen molar-refractivity contribution in [3.63, 3.8) is 0 Å². The van der Waals surface area contributed by atoms with Crippen LogP contribution in [0.3, 0.4) is 0 Å². The van der Waals surface area contributed by atoms with E-state index in [0.717, 1.165) is 5.56 Å². The van der Waals surface area contributed by atoms with Crippen LogP contribution in [0, 0.1) is 0 Å². The number of carbonyl (C=O) groups excluding carboxylic acids is 1. The van der Waals surface area contributed by atoms with E-state index in [2.05, 4.69) is 0 Å². The van der Waals surface area contributed by atoms with Crippen LogP contribution in [-0.4, -0.2) is 26.5 Å². The first-order valence-electron chi connectivity index (χ1n) is 5.94. The molecule has 0 heterocycles. The second-order valence-electron chi connectivity index (χ2n) is 4.07. The van der Waals surface area contributed by atoms with Crippen molar-refractivity contribution in [3.8, 4) is 0 Å². The molecule has 3 nitrogen and oxygen atoms in total. The third kappa shape index (κ3) is 4.66. The molecule has 0 atom stereocenters. The zero-order chi connectivity index (χ0) is 13.5. The Hall–Kier alpha value is -1.71. The van der Waals surface area contributed by atoms with E-state index < -0.39 is 5.97 Å². The van der Waals surface area contributed by atoms with Gasteiger partial charge in [-0.25, -0.2) is 4.79 Å². The van der Waals surface area contributed by atoms with Crippen LogP contribution < -0.4 is 5.46 Å². The summed E-state index contributed by atoms with van der Waals surface area (Å²) in [7, 11) is 5.68. The molecule has 1 rings (SSSR count). The second kappa shape index (κ2) is 6.89. The van der Waals surface area contributed by atoms with E-state index in [0.29, 0.717) is 12.1 Å². The Labute approximate surface area is 109 Å². The lowest BCUT2D eigenvalue weighted by atomic mass is 9.94. The van der Waals surface area contributed by atoms with Gasteiger partial charge in [0.05, 0.1) is 12.7 Å². The van der Waals surface area contributed by atoms with Crippen LogP contribution in [0.2, 0.25) is 0 Å². The fourth-order valence-corrected chi connectivity index (χ4v) is 1.40. The van der Waals surface area contributed by atoms with Gasteiger partial charge in [-0.3, -0.25) is 0 Å². The Morgan fingerprint density at radius 3 is 2.72 bits per heavy atom. The summed E-state index contributed by atoms with van der Waals surface area (Å²) in [5, 5.41) is 0. The molecule has 0 bridgehead atoms. The van der Waals surface area contributed by atoms with Gasteiger partial charge in [0.25, 0.3) is 0 Å². The van der Waals surface area contributed by atoms with E-state index in [1.54, 1.807) is 25.1 Å². The highest BCUT2D eigenvalue weighted by molar-refractivity contribution is 6.32. The van der Waals surface area contributed by atoms with Gasteiger partial charge in [0.15, 0.2) is 0 Å². The summed E-state index contributed by atoms with van der Waals surface area (Å²) in [4.78, 5) is 11.7. The quantitative estimate of drug-likeness (QED) is 0.343. The van der Waals surface area contributed by atoms with Crippen molar-refractivity contribution >= 4 is 25.4 Å². The number of benzene rings is 1. The largest absolute Gasteiger partial charge is 0.484 e. The van der Waals surface area contributed by atoms with Gasteiger partial charge >= 0.3 is 5.97 Å². The highest BCUT2D eigenvalue weighted by Gasteiger charge is 2.13. The third-order valence-electron chi connectivity index (χ3n) is 2.05. The monoisotopic (exact) mass is 244 g/mol. The first kappa shape index (κ1) is 14.4. The Morgan fingerprint density at radius 2 is 2.17 bits per heavy atom. The van der Waals surface area contributed by atoms with E-state index in [1.165, 1.54) is 0 Å². The average Bonchev–Trinajstić information content (AvgIpc) is 2.28. The van der Waals surface area contributed by atoms with Crippen LogP contribution in [0.15, 0.2) is 30.0 Å². The molecular weight excluding hydrogens is 227 g/mol. The molecule has 4 heteroatoms. The van der Waals surface area contributed by atoms with Crippen molar-refractivity contribution in [2.75, 3.05) is 6.61 Å². The third-order valence-corrected chi connectivity index (χ3v) is 2.05. The summed E-state index contributed by atoms with van der Waals surface area (Å²) in [5.74, 6) is -0.272. The first-order valence-corrected chi connectivity index (χ1v) is 5.94. The van der Waals surface area contributed by atoms with E-state index in [1.807, 2.05) is 26.0 Å². The molecule has 1 aromatic rings. The Morgan fingerprint density at radius 1 is 1.44 bits per heavy atom. The Kier molecular flexibility index (Phi) is 5.50. The molecule has 0 saturated carbocycles. The molecule has 0 aliphatic rings. The van der Waals surface area contributed by atoms with Gasteiger partial charge in [-0.15, -0.1) is 0 Å². The maximum atomic E-state index is 11.7. The van der Waals surface area contributed by atoms with Gasteiger partial charge in [0, 0.05) is 0 Å². The normalized spacial score (nSPS) is 11.4. The van der Waals surface area contributed by atoms with Crippen molar-refractivity contribution in [1.82, 2.24) is 0 Å². The number of rotatable bonds is 5. The van der Waals surface area contributed by atoms with Crippen molar-refractivity contribution < 1.29 is 14.3 Å². The second-order valence-corrected chi connectivity index (χ2v) is 4.07. The van der Waals surface area contributed by atoms with Gasteiger partial charge in [0.2, 0.25) is 5.76 Å². The number of ether oxygens (including phenoxy) is 2. The standard InChI is InChI=1S/C14H17BO3/c1-4-17-14(16)13(18-10(2)3)9-11-6-5-7-12(15)8-11/h5-10H,4H2,1-3H3/b13-9-. The topological polar surface area (TPSA) is 35.5 Å². The lowest BCUT2D eigenvalue weighted by Gasteiger charge is -2.12. The molecule has 0 unspecified atom stereocenters. The van der Waals surface area contributed by atoms with E-state index in [9.17, 15) is 4.79 Å². The fraction of sp³-hybridized carbons (Fsp3) is 0.357. The minimum atomic E-state index is -0.464. The van der Waals surface area contributed by atoms with Crippen molar-refractivity contribution in [2.45, 2.75) is 26.9 Å². The molecule has 94 valence electrons. The summed E-state index contributed by atoms with van der Waals surface area (Å²) >= 11 is 0. The zero-order valence-electron chi connectivity index (χ0n) is 11.0. The summed E-state index contributed by atoms with van der Waals surface area (Å²) < 4.78 is 10.4. The molecule has 0 aliphatic heterocycles. The van der Waals surface area contributed by atoms with Crippen LogP contribution >= 0.6 is 0 Å². The predicted molar refractivity (Wildman–Crippen MR) is 72.7 cm³/mol. The van der Waals surface area contributed by atoms with Gasteiger partial charge in [0.1, 0.15) is 7.85 Å². The molecule has 0 aliphatic carbocycles.